The second kappa shape index (κ2) is 4.37. The highest BCUT2D eigenvalue weighted by Crippen LogP contribution is 2.32. The Morgan fingerprint density at radius 1 is 1.17 bits per heavy atom. The topological polar surface area (TPSA) is 53.1 Å². The highest BCUT2D eigenvalue weighted by molar-refractivity contribution is 5.68. The SMILES string of the molecule is COc1ccc(-n2cnnc2)cc1-c1ccco1. The van der Waals surface area contributed by atoms with E-state index in [-0.39, 0.29) is 0 Å². The molecular formula is C13H11N3O2. The zero-order valence-electron chi connectivity index (χ0n) is 9.78. The fraction of sp³-hybridized carbons (Fsp3) is 0.0769. The molecule has 1 aromatic carbocycles. The van der Waals surface area contributed by atoms with Crippen LogP contribution in [0.3, 0.4) is 0 Å². The molecule has 2 aromatic heterocycles. The number of furan rings is 1. The van der Waals surface area contributed by atoms with Gasteiger partial charge in [-0.15, -0.1) is 10.2 Å². The summed E-state index contributed by atoms with van der Waals surface area (Å²) in [6.07, 6.45) is 4.93. The van der Waals surface area contributed by atoms with Crippen LogP contribution in [0, 0.1) is 0 Å². The Hall–Kier alpha value is -2.56. The molecule has 0 amide bonds. The molecule has 0 bridgehead atoms. The van der Waals surface area contributed by atoms with E-state index in [0.29, 0.717) is 0 Å². The lowest BCUT2D eigenvalue weighted by Gasteiger charge is -2.09. The zero-order chi connectivity index (χ0) is 12.4. The molecule has 90 valence electrons. The first-order valence-electron chi connectivity index (χ1n) is 5.45. The van der Waals surface area contributed by atoms with E-state index < -0.39 is 0 Å². The number of hydrogen-bond donors (Lipinski definition) is 0. The average molecular weight is 241 g/mol. The summed E-state index contributed by atoms with van der Waals surface area (Å²) in [5.74, 6) is 1.53. The van der Waals surface area contributed by atoms with Crippen molar-refractivity contribution in [3.8, 4) is 22.8 Å². The van der Waals surface area contributed by atoms with E-state index >= 15 is 0 Å². The van der Waals surface area contributed by atoms with Crippen LogP contribution < -0.4 is 4.74 Å². The second-order valence-electron chi connectivity index (χ2n) is 3.73. The third-order valence-corrected chi connectivity index (χ3v) is 2.69. The fourth-order valence-corrected chi connectivity index (χ4v) is 1.81. The number of methoxy groups -OCH3 is 1. The molecule has 0 saturated heterocycles. The summed E-state index contributed by atoms with van der Waals surface area (Å²) >= 11 is 0. The molecule has 3 rings (SSSR count). The summed E-state index contributed by atoms with van der Waals surface area (Å²) in [6.45, 7) is 0. The molecule has 0 N–H and O–H groups in total. The molecule has 0 saturated carbocycles. The molecule has 0 radical (unpaired) electrons. The molecule has 2 heterocycles. The number of hydrogen-bond acceptors (Lipinski definition) is 4. The minimum Gasteiger partial charge on any atom is -0.496 e. The smallest absolute Gasteiger partial charge is 0.137 e. The Morgan fingerprint density at radius 2 is 2.00 bits per heavy atom. The molecular weight excluding hydrogens is 230 g/mol. The predicted molar refractivity (Wildman–Crippen MR) is 65.6 cm³/mol. The average Bonchev–Trinajstić information content (AvgIpc) is 3.11. The zero-order valence-corrected chi connectivity index (χ0v) is 9.78. The monoisotopic (exact) mass is 241 g/mol. The van der Waals surface area contributed by atoms with Crippen molar-refractivity contribution in [1.29, 1.82) is 0 Å². The van der Waals surface area contributed by atoms with Crippen molar-refractivity contribution < 1.29 is 9.15 Å². The van der Waals surface area contributed by atoms with Gasteiger partial charge in [-0.3, -0.25) is 4.57 Å². The molecule has 0 aliphatic rings. The van der Waals surface area contributed by atoms with Gasteiger partial charge < -0.3 is 9.15 Å². The van der Waals surface area contributed by atoms with Crippen LogP contribution in [-0.2, 0) is 0 Å². The summed E-state index contributed by atoms with van der Waals surface area (Å²) in [7, 11) is 1.64. The molecule has 3 aromatic rings. The lowest BCUT2D eigenvalue weighted by molar-refractivity contribution is 0.414. The Labute approximate surface area is 104 Å². The lowest BCUT2D eigenvalue weighted by atomic mass is 10.1. The van der Waals surface area contributed by atoms with E-state index in [4.69, 9.17) is 9.15 Å². The van der Waals surface area contributed by atoms with Gasteiger partial charge in [0, 0.05) is 5.69 Å². The van der Waals surface area contributed by atoms with Crippen molar-refractivity contribution in [2.24, 2.45) is 0 Å². The van der Waals surface area contributed by atoms with Crippen molar-refractivity contribution in [3.63, 3.8) is 0 Å². The van der Waals surface area contributed by atoms with E-state index in [2.05, 4.69) is 10.2 Å². The molecule has 0 unspecified atom stereocenters. The maximum Gasteiger partial charge on any atom is 0.137 e. The van der Waals surface area contributed by atoms with E-state index in [9.17, 15) is 0 Å². The Bertz CT molecular complexity index is 630. The molecule has 0 aliphatic carbocycles. The van der Waals surface area contributed by atoms with Crippen molar-refractivity contribution in [2.45, 2.75) is 0 Å². The largest absolute Gasteiger partial charge is 0.496 e. The highest BCUT2D eigenvalue weighted by atomic mass is 16.5. The Kier molecular flexibility index (Phi) is 2.57. The van der Waals surface area contributed by atoms with Crippen molar-refractivity contribution in [2.75, 3.05) is 7.11 Å². The van der Waals surface area contributed by atoms with E-state index in [0.717, 1.165) is 22.8 Å². The van der Waals surface area contributed by atoms with Crippen LogP contribution in [0.2, 0.25) is 0 Å². The molecule has 0 spiro atoms. The minimum atomic E-state index is 0.766. The van der Waals surface area contributed by atoms with Gasteiger partial charge in [0.25, 0.3) is 0 Å². The Morgan fingerprint density at radius 3 is 2.67 bits per heavy atom. The van der Waals surface area contributed by atoms with Gasteiger partial charge in [0.1, 0.15) is 24.2 Å². The van der Waals surface area contributed by atoms with Crippen LogP contribution in [0.4, 0.5) is 0 Å². The van der Waals surface area contributed by atoms with Gasteiger partial charge >= 0.3 is 0 Å². The van der Waals surface area contributed by atoms with E-state index in [1.165, 1.54) is 0 Å². The molecule has 0 atom stereocenters. The van der Waals surface area contributed by atoms with Gasteiger partial charge in [-0.2, -0.15) is 0 Å². The normalized spacial score (nSPS) is 10.5. The first kappa shape index (κ1) is 10.6. The fourth-order valence-electron chi connectivity index (χ4n) is 1.81. The second-order valence-corrected chi connectivity index (χ2v) is 3.73. The van der Waals surface area contributed by atoms with Gasteiger partial charge in [0.05, 0.1) is 18.9 Å². The van der Waals surface area contributed by atoms with E-state index in [1.807, 2.05) is 34.9 Å². The predicted octanol–water partition coefficient (Wildman–Crippen LogP) is 2.54. The van der Waals surface area contributed by atoms with Gasteiger partial charge in [-0.05, 0) is 30.3 Å². The van der Waals surface area contributed by atoms with Gasteiger partial charge in [0.15, 0.2) is 0 Å². The Balaban J connectivity index is 2.14. The highest BCUT2D eigenvalue weighted by Gasteiger charge is 2.10. The summed E-state index contributed by atoms with van der Waals surface area (Å²) in [4.78, 5) is 0. The third kappa shape index (κ3) is 1.75. The molecule has 5 heteroatoms. The molecule has 18 heavy (non-hydrogen) atoms. The lowest BCUT2D eigenvalue weighted by Crippen LogP contribution is -1.93. The van der Waals surface area contributed by atoms with E-state index in [1.54, 1.807) is 26.0 Å². The minimum absolute atomic E-state index is 0.766. The first-order chi connectivity index (χ1) is 8.88. The van der Waals surface area contributed by atoms with Gasteiger partial charge in [-0.25, -0.2) is 0 Å². The number of aromatic nitrogens is 3. The van der Waals surface area contributed by atoms with Crippen LogP contribution in [-0.4, -0.2) is 21.9 Å². The standard InChI is InChI=1S/C13H11N3O2/c1-17-12-5-4-10(16-8-14-15-9-16)7-11(12)13-3-2-6-18-13/h2-9H,1H3. The van der Waals surface area contributed by atoms with Crippen LogP contribution in [0.1, 0.15) is 0 Å². The molecule has 0 fully saturated rings. The quantitative estimate of drug-likeness (QED) is 0.707. The van der Waals surface area contributed by atoms with Crippen LogP contribution in [0.15, 0.2) is 53.7 Å². The first-order valence-corrected chi connectivity index (χ1v) is 5.45. The number of nitrogens with zero attached hydrogens (tertiary/aromatic N) is 3. The van der Waals surface area contributed by atoms with Gasteiger partial charge in [-0.1, -0.05) is 0 Å². The summed E-state index contributed by atoms with van der Waals surface area (Å²) in [6, 6.07) is 9.55. The summed E-state index contributed by atoms with van der Waals surface area (Å²) in [5.41, 5.74) is 1.85. The van der Waals surface area contributed by atoms with Crippen molar-refractivity contribution in [3.05, 3.63) is 49.2 Å². The maximum atomic E-state index is 5.41. The number of rotatable bonds is 3. The van der Waals surface area contributed by atoms with Gasteiger partial charge in [0.2, 0.25) is 0 Å². The summed E-state index contributed by atoms with van der Waals surface area (Å²) in [5, 5.41) is 7.58. The summed E-state index contributed by atoms with van der Waals surface area (Å²) < 4.78 is 12.6. The van der Waals surface area contributed by atoms with Crippen LogP contribution >= 0.6 is 0 Å². The van der Waals surface area contributed by atoms with Crippen LogP contribution in [0.5, 0.6) is 5.75 Å². The van der Waals surface area contributed by atoms with Crippen LogP contribution in [0.25, 0.3) is 17.0 Å². The molecule has 5 nitrogen and oxygen atoms in total. The van der Waals surface area contributed by atoms with Crippen molar-refractivity contribution in [1.82, 2.24) is 14.8 Å². The maximum absolute atomic E-state index is 5.41. The number of ether oxygens (including phenoxy) is 1. The number of benzene rings is 1. The van der Waals surface area contributed by atoms with Crippen molar-refractivity contribution >= 4 is 0 Å². The third-order valence-electron chi connectivity index (χ3n) is 2.69. The molecule has 0 aliphatic heterocycles.